The first-order chi connectivity index (χ1) is 10.9. The monoisotopic (exact) mass is 335 g/mol. The van der Waals surface area contributed by atoms with Crippen LogP contribution in [-0.2, 0) is 4.79 Å². The summed E-state index contributed by atoms with van der Waals surface area (Å²) in [4.78, 5) is 14.2. The van der Waals surface area contributed by atoms with E-state index in [9.17, 15) is 4.79 Å². The standard InChI is InChI=1S/C16H21N3O3S/c1-9-12(15(20)19(2)3)13(18-16(23)17-9)10-7-6-8-11(21-4)14(10)22-5/h6-8,13H,1-5H3,(H2,17,18,23)/t13-/m0/s1. The highest BCUT2D eigenvalue weighted by molar-refractivity contribution is 7.80. The van der Waals surface area contributed by atoms with Crippen molar-refractivity contribution in [3.63, 3.8) is 0 Å². The molecule has 1 aliphatic rings. The average Bonchev–Trinajstić information content (AvgIpc) is 2.52. The molecule has 1 atom stereocenters. The number of rotatable bonds is 4. The Hall–Kier alpha value is -2.28. The zero-order valence-electron chi connectivity index (χ0n) is 13.9. The molecule has 0 unspecified atom stereocenters. The van der Waals surface area contributed by atoms with E-state index in [0.717, 1.165) is 11.3 Å². The first kappa shape index (κ1) is 17.1. The molecule has 1 aliphatic heterocycles. The molecule has 1 aromatic rings. The number of hydrogen-bond donors (Lipinski definition) is 2. The fourth-order valence-corrected chi connectivity index (χ4v) is 2.86. The fraction of sp³-hybridized carbons (Fsp3) is 0.375. The molecule has 0 bridgehead atoms. The summed E-state index contributed by atoms with van der Waals surface area (Å²) in [5.74, 6) is 1.08. The Morgan fingerprint density at radius 1 is 1.26 bits per heavy atom. The Labute approximate surface area is 141 Å². The highest BCUT2D eigenvalue weighted by Gasteiger charge is 2.33. The van der Waals surface area contributed by atoms with Crippen molar-refractivity contribution in [2.24, 2.45) is 0 Å². The van der Waals surface area contributed by atoms with Crippen molar-refractivity contribution < 1.29 is 14.3 Å². The third kappa shape index (κ3) is 3.24. The van der Waals surface area contributed by atoms with Gasteiger partial charge >= 0.3 is 0 Å². The van der Waals surface area contributed by atoms with Crippen molar-refractivity contribution in [1.29, 1.82) is 0 Å². The van der Waals surface area contributed by atoms with Crippen LogP contribution in [0.3, 0.4) is 0 Å². The summed E-state index contributed by atoms with van der Waals surface area (Å²) in [6, 6.07) is 5.15. The number of benzene rings is 1. The largest absolute Gasteiger partial charge is 0.493 e. The number of nitrogens with one attached hydrogen (secondary N) is 2. The lowest BCUT2D eigenvalue weighted by molar-refractivity contribution is -0.125. The van der Waals surface area contributed by atoms with E-state index in [1.165, 1.54) is 4.90 Å². The Kier molecular flexibility index (Phi) is 5.10. The number of nitrogens with zero attached hydrogens (tertiary/aromatic N) is 1. The predicted molar refractivity (Wildman–Crippen MR) is 92.6 cm³/mol. The number of methoxy groups -OCH3 is 2. The fourth-order valence-electron chi connectivity index (χ4n) is 2.59. The molecule has 2 N–H and O–H groups in total. The SMILES string of the molecule is COc1cccc([C@@H]2NC(=S)NC(C)=C2C(=O)N(C)C)c1OC. The van der Waals surface area contributed by atoms with Gasteiger partial charge in [-0.05, 0) is 25.2 Å². The van der Waals surface area contributed by atoms with E-state index in [-0.39, 0.29) is 5.91 Å². The van der Waals surface area contributed by atoms with E-state index in [4.69, 9.17) is 21.7 Å². The van der Waals surface area contributed by atoms with E-state index in [2.05, 4.69) is 10.6 Å². The van der Waals surface area contributed by atoms with Crippen LogP contribution in [0.5, 0.6) is 11.5 Å². The zero-order valence-corrected chi connectivity index (χ0v) is 14.7. The van der Waals surface area contributed by atoms with Crippen molar-refractivity contribution in [1.82, 2.24) is 15.5 Å². The van der Waals surface area contributed by atoms with Crippen molar-refractivity contribution >= 4 is 23.2 Å². The second kappa shape index (κ2) is 6.87. The molecular weight excluding hydrogens is 314 g/mol. The quantitative estimate of drug-likeness (QED) is 0.815. The molecule has 7 heteroatoms. The first-order valence-corrected chi connectivity index (χ1v) is 7.52. The molecule has 0 radical (unpaired) electrons. The zero-order chi connectivity index (χ0) is 17.1. The summed E-state index contributed by atoms with van der Waals surface area (Å²) in [6.45, 7) is 1.84. The predicted octanol–water partition coefficient (Wildman–Crippen LogP) is 1.58. The maximum absolute atomic E-state index is 12.6. The van der Waals surface area contributed by atoms with Gasteiger partial charge in [-0.3, -0.25) is 4.79 Å². The van der Waals surface area contributed by atoms with Gasteiger partial charge in [0.25, 0.3) is 5.91 Å². The number of thiocarbonyl (C=S) groups is 1. The van der Waals surface area contributed by atoms with Gasteiger partial charge in [-0.2, -0.15) is 0 Å². The molecule has 0 fully saturated rings. The number of para-hydroxylation sites is 1. The summed E-state index contributed by atoms with van der Waals surface area (Å²) in [5.41, 5.74) is 2.11. The number of carbonyl (C=O) groups is 1. The molecule has 23 heavy (non-hydrogen) atoms. The maximum atomic E-state index is 12.6. The van der Waals surface area contributed by atoms with Crippen molar-refractivity contribution in [3.05, 3.63) is 35.0 Å². The van der Waals surface area contributed by atoms with E-state index in [1.807, 2.05) is 25.1 Å². The van der Waals surface area contributed by atoms with Crippen LogP contribution in [-0.4, -0.2) is 44.2 Å². The van der Waals surface area contributed by atoms with Crippen LogP contribution in [0.2, 0.25) is 0 Å². The molecular formula is C16H21N3O3S. The van der Waals surface area contributed by atoms with Crippen molar-refractivity contribution in [3.8, 4) is 11.5 Å². The first-order valence-electron chi connectivity index (χ1n) is 7.11. The number of amides is 1. The summed E-state index contributed by atoms with van der Waals surface area (Å²) >= 11 is 5.25. The Bertz CT molecular complexity index is 671. The van der Waals surface area contributed by atoms with E-state index in [0.29, 0.717) is 22.2 Å². The second-order valence-electron chi connectivity index (χ2n) is 5.35. The van der Waals surface area contributed by atoms with E-state index >= 15 is 0 Å². The molecule has 0 aliphatic carbocycles. The maximum Gasteiger partial charge on any atom is 0.253 e. The minimum atomic E-state index is -0.413. The van der Waals surface area contributed by atoms with Gasteiger partial charge in [0, 0.05) is 25.4 Å². The summed E-state index contributed by atoms with van der Waals surface area (Å²) < 4.78 is 10.9. The van der Waals surface area contributed by atoms with Crippen LogP contribution >= 0.6 is 12.2 Å². The highest BCUT2D eigenvalue weighted by Crippen LogP contribution is 2.39. The van der Waals surface area contributed by atoms with Crippen LogP contribution in [0.15, 0.2) is 29.5 Å². The van der Waals surface area contributed by atoms with Gasteiger partial charge < -0.3 is 25.0 Å². The van der Waals surface area contributed by atoms with Crippen LogP contribution in [0.25, 0.3) is 0 Å². The number of likely N-dealkylation sites (N-methyl/N-ethyl adjacent to an activating group) is 1. The van der Waals surface area contributed by atoms with Crippen LogP contribution in [0.4, 0.5) is 0 Å². The Morgan fingerprint density at radius 3 is 2.52 bits per heavy atom. The highest BCUT2D eigenvalue weighted by atomic mass is 32.1. The summed E-state index contributed by atoms with van der Waals surface area (Å²) in [7, 11) is 6.59. The van der Waals surface area contributed by atoms with Crippen molar-refractivity contribution in [2.45, 2.75) is 13.0 Å². The van der Waals surface area contributed by atoms with E-state index in [1.54, 1.807) is 28.3 Å². The molecule has 0 spiro atoms. The minimum Gasteiger partial charge on any atom is -0.493 e. The third-order valence-corrected chi connectivity index (χ3v) is 3.87. The molecule has 124 valence electrons. The molecule has 1 heterocycles. The molecule has 0 saturated carbocycles. The smallest absolute Gasteiger partial charge is 0.253 e. The molecule has 0 saturated heterocycles. The van der Waals surface area contributed by atoms with Crippen LogP contribution in [0, 0.1) is 0 Å². The number of ether oxygens (including phenoxy) is 2. The number of allylic oxidation sites excluding steroid dienone is 1. The van der Waals surface area contributed by atoms with Gasteiger partial charge in [-0.15, -0.1) is 0 Å². The Morgan fingerprint density at radius 2 is 1.96 bits per heavy atom. The third-order valence-electron chi connectivity index (χ3n) is 3.65. The number of hydrogen-bond acceptors (Lipinski definition) is 4. The van der Waals surface area contributed by atoms with E-state index < -0.39 is 6.04 Å². The molecule has 1 aromatic carbocycles. The number of carbonyl (C=O) groups excluding carboxylic acids is 1. The van der Waals surface area contributed by atoms with Crippen molar-refractivity contribution in [2.75, 3.05) is 28.3 Å². The summed E-state index contributed by atoms with van der Waals surface area (Å²) in [6.07, 6.45) is 0. The molecule has 6 nitrogen and oxygen atoms in total. The molecule has 2 rings (SSSR count). The van der Waals surface area contributed by atoms with Gasteiger partial charge in [0.1, 0.15) is 0 Å². The lowest BCUT2D eigenvalue weighted by atomic mass is 9.93. The van der Waals surface area contributed by atoms with Gasteiger partial charge in [0.05, 0.1) is 25.8 Å². The topological polar surface area (TPSA) is 62.8 Å². The van der Waals surface area contributed by atoms with Crippen LogP contribution in [0.1, 0.15) is 18.5 Å². The Balaban J connectivity index is 2.62. The van der Waals surface area contributed by atoms with Gasteiger partial charge in [-0.1, -0.05) is 12.1 Å². The average molecular weight is 335 g/mol. The van der Waals surface area contributed by atoms with Crippen LogP contribution < -0.4 is 20.1 Å². The lowest BCUT2D eigenvalue weighted by Crippen LogP contribution is -2.46. The van der Waals surface area contributed by atoms with Gasteiger partial charge in [-0.25, -0.2) is 0 Å². The second-order valence-corrected chi connectivity index (χ2v) is 5.76. The van der Waals surface area contributed by atoms with Gasteiger partial charge in [0.15, 0.2) is 16.6 Å². The van der Waals surface area contributed by atoms with Gasteiger partial charge in [0.2, 0.25) is 0 Å². The molecule has 1 amide bonds. The summed E-state index contributed by atoms with van der Waals surface area (Å²) in [5, 5.41) is 6.63. The molecule has 0 aromatic heterocycles. The lowest BCUT2D eigenvalue weighted by Gasteiger charge is -2.32. The minimum absolute atomic E-state index is 0.0973. The normalized spacial score (nSPS) is 17.3.